The van der Waals surface area contributed by atoms with Crippen molar-refractivity contribution >= 4 is 43.5 Å². The Bertz CT molecular complexity index is 1780. The Balaban J connectivity index is 1.84. The minimum Gasteiger partial charge on any atom is -0.493 e. The van der Waals surface area contributed by atoms with Gasteiger partial charge in [0.05, 0.1) is 24.8 Å². The van der Waals surface area contributed by atoms with Gasteiger partial charge in [-0.1, -0.05) is 83.0 Å². The van der Waals surface area contributed by atoms with Crippen molar-refractivity contribution in [2.75, 3.05) is 25.1 Å². The van der Waals surface area contributed by atoms with E-state index in [1.54, 1.807) is 24.3 Å². The molecule has 0 aliphatic rings. The minimum atomic E-state index is -4.27. The lowest BCUT2D eigenvalue weighted by Crippen LogP contribution is -2.54. The molecule has 0 aromatic heterocycles. The number of hydrogen-bond donors (Lipinski definition) is 1. The topological polar surface area (TPSA) is 105 Å². The highest BCUT2D eigenvalue weighted by atomic mass is 79.9. The van der Waals surface area contributed by atoms with Crippen molar-refractivity contribution in [2.24, 2.45) is 0 Å². The number of halogens is 1. The second kappa shape index (κ2) is 16.7. The number of methoxy groups -OCH3 is 2. The molecule has 9 nitrogen and oxygen atoms in total. The van der Waals surface area contributed by atoms with Crippen LogP contribution in [0.15, 0.2) is 106 Å². The number of nitrogens with zero attached hydrogens (tertiary/aromatic N) is 2. The van der Waals surface area contributed by atoms with E-state index in [2.05, 4.69) is 21.2 Å². The summed E-state index contributed by atoms with van der Waals surface area (Å²) in [5.41, 5.74) is 2.73. The van der Waals surface area contributed by atoms with Gasteiger partial charge in [0.15, 0.2) is 11.5 Å². The monoisotopic (exact) mass is 735 g/mol. The number of anilines is 1. The molecule has 4 aromatic rings. The molecule has 0 saturated carbocycles. The molecule has 0 fully saturated rings. The number of benzene rings is 4. The molecule has 48 heavy (non-hydrogen) atoms. The third kappa shape index (κ3) is 9.17. The summed E-state index contributed by atoms with van der Waals surface area (Å²) in [7, 11) is -1.33. The van der Waals surface area contributed by atoms with Crippen LogP contribution in [-0.2, 0) is 32.6 Å². The lowest BCUT2D eigenvalue weighted by atomic mass is 10.0. The molecule has 2 atom stereocenters. The van der Waals surface area contributed by atoms with Gasteiger partial charge in [0, 0.05) is 29.5 Å². The predicted molar refractivity (Wildman–Crippen MR) is 192 cm³/mol. The fraction of sp³-hybridized carbons (Fsp3) is 0.297. The number of aryl methyl sites for hydroxylation is 1. The fourth-order valence-electron chi connectivity index (χ4n) is 5.13. The van der Waals surface area contributed by atoms with Crippen LogP contribution in [0, 0.1) is 6.92 Å². The van der Waals surface area contributed by atoms with Crippen LogP contribution in [0.1, 0.15) is 37.0 Å². The second-order valence-electron chi connectivity index (χ2n) is 11.5. The third-order valence-corrected chi connectivity index (χ3v) is 10.4. The largest absolute Gasteiger partial charge is 0.493 e. The highest BCUT2D eigenvalue weighted by Crippen LogP contribution is 2.34. The van der Waals surface area contributed by atoms with E-state index in [1.165, 1.54) is 37.3 Å². The first kappa shape index (κ1) is 36.5. The number of nitrogens with one attached hydrogen (secondary N) is 1. The molecule has 0 radical (unpaired) electrons. The number of ether oxygens (including phenoxy) is 2. The van der Waals surface area contributed by atoms with Crippen LogP contribution in [0.3, 0.4) is 0 Å². The van der Waals surface area contributed by atoms with Gasteiger partial charge in [-0.2, -0.15) is 0 Å². The van der Waals surface area contributed by atoms with Gasteiger partial charge in [-0.05, 0) is 67.8 Å². The summed E-state index contributed by atoms with van der Waals surface area (Å²) in [4.78, 5) is 30.2. The van der Waals surface area contributed by atoms with Crippen LogP contribution in [0.25, 0.3) is 0 Å². The average molecular weight is 737 g/mol. The number of sulfonamides is 1. The molecular weight excluding hydrogens is 694 g/mol. The lowest BCUT2D eigenvalue weighted by molar-refractivity contribution is -0.140. The molecule has 254 valence electrons. The summed E-state index contributed by atoms with van der Waals surface area (Å²) in [6.07, 6.45) is 0.929. The van der Waals surface area contributed by atoms with Crippen molar-refractivity contribution in [3.05, 3.63) is 118 Å². The number of amides is 2. The lowest BCUT2D eigenvalue weighted by Gasteiger charge is -2.34. The van der Waals surface area contributed by atoms with Crippen LogP contribution < -0.4 is 19.1 Å². The molecule has 0 bridgehead atoms. The minimum absolute atomic E-state index is 0.0190. The van der Waals surface area contributed by atoms with Crippen molar-refractivity contribution in [3.8, 4) is 11.5 Å². The van der Waals surface area contributed by atoms with E-state index >= 15 is 0 Å². The average Bonchev–Trinajstić information content (AvgIpc) is 3.09. The molecule has 0 aliphatic heterocycles. The first-order chi connectivity index (χ1) is 23.0. The van der Waals surface area contributed by atoms with Gasteiger partial charge in [0.1, 0.15) is 12.6 Å². The molecule has 4 aromatic carbocycles. The smallest absolute Gasteiger partial charge is 0.264 e. The summed E-state index contributed by atoms with van der Waals surface area (Å²) in [5, 5.41) is 3.05. The summed E-state index contributed by atoms with van der Waals surface area (Å²) in [6, 6.07) is 27.0. The van der Waals surface area contributed by atoms with E-state index in [-0.39, 0.29) is 35.5 Å². The van der Waals surface area contributed by atoms with E-state index < -0.39 is 28.5 Å². The Morgan fingerprint density at radius 1 is 0.854 bits per heavy atom. The van der Waals surface area contributed by atoms with E-state index in [1.807, 2.05) is 75.4 Å². The number of carbonyl (C=O) groups excluding carboxylic acids is 2. The van der Waals surface area contributed by atoms with Crippen molar-refractivity contribution in [2.45, 2.75) is 57.1 Å². The predicted octanol–water partition coefficient (Wildman–Crippen LogP) is 6.52. The maximum absolute atomic E-state index is 14.7. The van der Waals surface area contributed by atoms with Crippen molar-refractivity contribution in [1.29, 1.82) is 0 Å². The van der Waals surface area contributed by atoms with E-state index in [9.17, 15) is 18.0 Å². The molecule has 2 amide bonds. The van der Waals surface area contributed by atoms with Gasteiger partial charge >= 0.3 is 0 Å². The van der Waals surface area contributed by atoms with Gasteiger partial charge in [0.2, 0.25) is 11.8 Å². The summed E-state index contributed by atoms with van der Waals surface area (Å²) in [6.45, 7) is 5.24. The molecule has 0 heterocycles. The summed E-state index contributed by atoms with van der Waals surface area (Å²) in [5.74, 6) is -0.170. The number of hydrogen-bond acceptors (Lipinski definition) is 6. The molecule has 4 rings (SSSR count). The maximum atomic E-state index is 14.7. The van der Waals surface area contributed by atoms with Gasteiger partial charge in [-0.3, -0.25) is 13.9 Å². The SMILES string of the molecule is CC[C@H](C)NC(=O)[C@H](Cc1ccccc1)N(Cc1ccc(Br)cc1)C(=O)CN(c1ccc(OC)c(OC)c1)S(=O)(=O)c1ccc(C)cc1. The number of rotatable bonds is 15. The first-order valence-electron chi connectivity index (χ1n) is 15.7. The molecule has 0 aliphatic carbocycles. The first-order valence-corrected chi connectivity index (χ1v) is 17.9. The summed E-state index contributed by atoms with van der Waals surface area (Å²) < 4.78 is 41.5. The zero-order chi connectivity index (χ0) is 34.8. The maximum Gasteiger partial charge on any atom is 0.264 e. The van der Waals surface area contributed by atoms with Gasteiger partial charge < -0.3 is 19.7 Å². The quantitative estimate of drug-likeness (QED) is 0.149. The van der Waals surface area contributed by atoms with Gasteiger partial charge in [0.25, 0.3) is 10.0 Å². The Kier molecular flexibility index (Phi) is 12.7. The van der Waals surface area contributed by atoms with Crippen LogP contribution in [0.4, 0.5) is 5.69 Å². The Hall–Kier alpha value is -4.35. The van der Waals surface area contributed by atoms with Gasteiger partial charge in [-0.25, -0.2) is 8.42 Å². The molecular formula is C37H42BrN3O6S. The van der Waals surface area contributed by atoms with E-state index in [0.29, 0.717) is 17.9 Å². The van der Waals surface area contributed by atoms with Crippen LogP contribution in [0.5, 0.6) is 11.5 Å². The van der Waals surface area contributed by atoms with Crippen LogP contribution in [0.2, 0.25) is 0 Å². The van der Waals surface area contributed by atoms with Crippen molar-refractivity contribution in [1.82, 2.24) is 10.2 Å². The molecule has 1 N–H and O–H groups in total. The standard InChI is InChI=1S/C37H42BrN3O6S/c1-6-27(3)39-37(43)33(22-28-10-8-7-9-11-28)40(24-29-14-16-30(38)17-15-29)36(42)25-41(31-18-21-34(46-4)35(23-31)47-5)48(44,45)32-19-12-26(2)13-20-32/h7-21,23,27,33H,6,22,24-25H2,1-5H3,(H,39,43)/t27-,33-/m0/s1. The van der Waals surface area contributed by atoms with E-state index in [0.717, 1.165) is 25.5 Å². The third-order valence-electron chi connectivity index (χ3n) is 8.08. The molecule has 0 unspecified atom stereocenters. The van der Waals surface area contributed by atoms with Crippen molar-refractivity contribution in [3.63, 3.8) is 0 Å². The Labute approximate surface area is 292 Å². The Morgan fingerprint density at radius 2 is 1.50 bits per heavy atom. The zero-order valence-corrected chi connectivity index (χ0v) is 30.3. The van der Waals surface area contributed by atoms with Crippen LogP contribution >= 0.6 is 15.9 Å². The van der Waals surface area contributed by atoms with E-state index in [4.69, 9.17) is 9.47 Å². The molecule has 0 saturated heterocycles. The highest BCUT2D eigenvalue weighted by molar-refractivity contribution is 9.10. The van der Waals surface area contributed by atoms with Gasteiger partial charge in [-0.15, -0.1) is 0 Å². The highest BCUT2D eigenvalue weighted by Gasteiger charge is 2.35. The summed E-state index contributed by atoms with van der Waals surface area (Å²) >= 11 is 3.46. The zero-order valence-electron chi connectivity index (χ0n) is 27.9. The number of carbonyl (C=O) groups is 2. The normalized spacial score (nSPS) is 12.5. The second-order valence-corrected chi connectivity index (χ2v) is 14.3. The molecule has 11 heteroatoms. The Morgan fingerprint density at radius 3 is 2.10 bits per heavy atom. The van der Waals surface area contributed by atoms with Crippen molar-refractivity contribution < 1.29 is 27.5 Å². The fourth-order valence-corrected chi connectivity index (χ4v) is 6.80. The van der Waals surface area contributed by atoms with Crippen LogP contribution in [-0.4, -0.2) is 58.0 Å². The molecule has 0 spiro atoms.